The number of hydrogen-bond acceptors (Lipinski definition) is 4. The van der Waals surface area contributed by atoms with Gasteiger partial charge in [0, 0.05) is 18.6 Å². The van der Waals surface area contributed by atoms with Gasteiger partial charge in [-0.1, -0.05) is 19.3 Å². The van der Waals surface area contributed by atoms with Gasteiger partial charge in [0.25, 0.3) is 0 Å². The van der Waals surface area contributed by atoms with Crippen LogP contribution in [-0.2, 0) is 14.8 Å². The number of sulfonamides is 1. The second-order valence-electron chi connectivity index (χ2n) is 7.41. The van der Waals surface area contributed by atoms with E-state index in [0.29, 0.717) is 6.54 Å². The Morgan fingerprint density at radius 3 is 2.48 bits per heavy atom. The van der Waals surface area contributed by atoms with Crippen LogP contribution < -0.4 is 10.0 Å². The molecule has 2 aliphatic rings. The van der Waals surface area contributed by atoms with E-state index in [9.17, 15) is 8.42 Å². The van der Waals surface area contributed by atoms with Crippen LogP contribution in [-0.4, -0.2) is 45.0 Å². The van der Waals surface area contributed by atoms with E-state index >= 15 is 0 Å². The molecule has 1 saturated carbocycles. The molecule has 0 bridgehead atoms. The van der Waals surface area contributed by atoms with Gasteiger partial charge in [0.2, 0.25) is 10.0 Å². The number of rotatable bonds is 6. The van der Waals surface area contributed by atoms with E-state index in [0.717, 1.165) is 13.0 Å². The molecule has 1 heterocycles. The Morgan fingerprint density at radius 2 is 1.86 bits per heavy atom. The maximum Gasteiger partial charge on any atom is 0.209 e. The smallest absolute Gasteiger partial charge is 0.209 e. The molecular weight excluding hydrogens is 288 g/mol. The average Bonchev–Trinajstić information content (AvgIpc) is 2.70. The third kappa shape index (κ3) is 5.51. The third-order valence-electron chi connectivity index (χ3n) is 4.50. The van der Waals surface area contributed by atoms with Crippen molar-refractivity contribution in [2.24, 2.45) is 0 Å². The fourth-order valence-electron chi connectivity index (χ4n) is 3.69. The summed E-state index contributed by atoms with van der Waals surface area (Å²) < 4.78 is 31.6. The maximum absolute atomic E-state index is 11.3. The summed E-state index contributed by atoms with van der Waals surface area (Å²) in [6.07, 6.45) is 10.1. The zero-order valence-electron chi connectivity index (χ0n) is 13.6. The molecule has 0 aromatic heterocycles. The SMILES string of the molecule is CC(C)(CNCC1CCC2(CCCCC2)O1)NS(C)(=O)=O. The molecule has 124 valence electrons. The molecule has 1 saturated heterocycles. The lowest BCUT2D eigenvalue weighted by atomic mass is 9.83. The largest absolute Gasteiger partial charge is 0.370 e. The molecule has 0 aromatic carbocycles. The van der Waals surface area contributed by atoms with E-state index in [1.807, 2.05) is 13.8 Å². The minimum atomic E-state index is -3.17. The van der Waals surface area contributed by atoms with Gasteiger partial charge >= 0.3 is 0 Å². The minimum Gasteiger partial charge on any atom is -0.370 e. The highest BCUT2D eigenvalue weighted by Gasteiger charge is 2.40. The molecule has 6 heteroatoms. The molecule has 2 rings (SSSR count). The molecular formula is C15H30N2O3S. The summed E-state index contributed by atoms with van der Waals surface area (Å²) in [5.41, 5.74) is -0.320. The topological polar surface area (TPSA) is 67.4 Å². The second-order valence-corrected chi connectivity index (χ2v) is 9.16. The minimum absolute atomic E-state index is 0.158. The first-order valence-electron chi connectivity index (χ1n) is 8.07. The van der Waals surface area contributed by atoms with Gasteiger partial charge < -0.3 is 10.1 Å². The van der Waals surface area contributed by atoms with Gasteiger partial charge in [-0.15, -0.1) is 0 Å². The van der Waals surface area contributed by atoms with Crippen LogP contribution in [0.25, 0.3) is 0 Å². The van der Waals surface area contributed by atoms with Crippen molar-refractivity contribution in [2.45, 2.75) is 76.0 Å². The molecule has 2 N–H and O–H groups in total. The molecule has 5 nitrogen and oxygen atoms in total. The zero-order valence-corrected chi connectivity index (χ0v) is 14.4. The van der Waals surface area contributed by atoms with E-state index in [1.54, 1.807) is 0 Å². The third-order valence-corrected chi connectivity index (χ3v) is 5.43. The number of hydrogen-bond donors (Lipinski definition) is 2. The van der Waals surface area contributed by atoms with Crippen LogP contribution in [0.5, 0.6) is 0 Å². The summed E-state index contributed by atoms with van der Waals surface area (Å²) in [5, 5.41) is 3.36. The predicted octanol–water partition coefficient (Wildman–Crippen LogP) is 1.79. The van der Waals surface area contributed by atoms with Crippen LogP contribution in [0.15, 0.2) is 0 Å². The quantitative estimate of drug-likeness (QED) is 0.783. The van der Waals surface area contributed by atoms with E-state index in [1.165, 1.54) is 44.8 Å². The standard InChI is InChI=1S/C15H30N2O3S/c1-14(2,17-21(3,18)19)12-16-11-13-7-10-15(20-13)8-5-4-6-9-15/h13,16-17H,4-12H2,1-3H3. The average molecular weight is 318 g/mol. The molecule has 0 radical (unpaired) electrons. The van der Waals surface area contributed by atoms with Gasteiger partial charge in [-0.25, -0.2) is 13.1 Å². The summed E-state index contributed by atoms with van der Waals surface area (Å²) in [7, 11) is -3.17. The van der Waals surface area contributed by atoms with Crippen LogP contribution >= 0.6 is 0 Å². The van der Waals surface area contributed by atoms with Crippen LogP contribution in [0.4, 0.5) is 0 Å². The molecule has 2 fully saturated rings. The lowest BCUT2D eigenvalue weighted by Crippen LogP contribution is -2.51. The Morgan fingerprint density at radius 1 is 1.19 bits per heavy atom. The molecule has 0 amide bonds. The van der Waals surface area contributed by atoms with E-state index < -0.39 is 15.6 Å². The highest BCUT2D eigenvalue weighted by Crippen LogP contribution is 2.41. The van der Waals surface area contributed by atoms with Crippen LogP contribution in [0.1, 0.15) is 58.8 Å². The van der Waals surface area contributed by atoms with Gasteiger partial charge in [-0.2, -0.15) is 0 Å². The number of nitrogens with one attached hydrogen (secondary N) is 2. The van der Waals surface area contributed by atoms with Crippen LogP contribution in [0.2, 0.25) is 0 Å². The summed E-state index contributed by atoms with van der Waals surface area (Å²) in [5.74, 6) is 0. The summed E-state index contributed by atoms with van der Waals surface area (Å²) >= 11 is 0. The molecule has 1 spiro atoms. The van der Waals surface area contributed by atoms with Gasteiger partial charge in [0.1, 0.15) is 0 Å². The molecule has 21 heavy (non-hydrogen) atoms. The molecule has 1 unspecified atom stereocenters. The van der Waals surface area contributed by atoms with Crippen molar-refractivity contribution in [1.82, 2.24) is 10.0 Å². The predicted molar refractivity (Wildman–Crippen MR) is 84.9 cm³/mol. The first kappa shape index (κ1) is 17.2. The van der Waals surface area contributed by atoms with E-state index in [2.05, 4.69) is 10.0 Å². The molecule has 1 aliphatic heterocycles. The van der Waals surface area contributed by atoms with E-state index in [-0.39, 0.29) is 11.7 Å². The van der Waals surface area contributed by atoms with Crippen molar-refractivity contribution < 1.29 is 13.2 Å². The second kappa shape index (κ2) is 6.52. The van der Waals surface area contributed by atoms with Gasteiger partial charge in [0.15, 0.2) is 0 Å². The maximum atomic E-state index is 11.3. The van der Waals surface area contributed by atoms with Crippen LogP contribution in [0.3, 0.4) is 0 Å². The normalized spacial score (nSPS) is 26.3. The van der Waals surface area contributed by atoms with Gasteiger partial charge in [0.05, 0.1) is 18.0 Å². The van der Waals surface area contributed by atoms with Crippen molar-refractivity contribution in [3.8, 4) is 0 Å². The summed E-state index contributed by atoms with van der Waals surface area (Å²) in [6, 6.07) is 0. The first-order chi connectivity index (χ1) is 9.70. The Labute approximate surface area is 129 Å². The molecule has 1 atom stereocenters. The fraction of sp³-hybridized carbons (Fsp3) is 1.00. The lowest BCUT2D eigenvalue weighted by molar-refractivity contribution is -0.0624. The summed E-state index contributed by atoms with van der Waals surface area (Å²) in [4.78, 5) is 0. The van der Waals surface area contributed by atoms with Gasteiger partial charge in [-0.3, -0.25) is 0 Å². The highest BCUT2D eigenvalue weighted by atomic mass is 32.2. The Bertz CT molecular complexity index is 442. The van der Waals surface area contributed by atoms with E-state index in [4.69, 9.17) is 4.74 Å². The lowest BCUT2D eigenvalue weighted by Gasteiger charge is -2.33. The van der Waals surface area contributed by atoms with Crippen molar-refractivity contribution in [3.63, 3.8) is 0 Å². The molecule has 0 aromatic rings. The zero-order chi connectivity index (χ0) is 15.6. The Hall–Kier alpha value is -0.170. The van der Waals surface area contributed by atoms with Crippen molar-refractivity contribution >= 4 is 10.0 Å². The first-order valence-corrected chi connectivity index (χ1v) is 9.96. The Balaban J connectivity index is 1.72. The highest BCUT2D eigenvalue weighted by molar-refractivity contribution is 7.88. The van der Waals surface area contributed by atoms with Crippen LogP contribution in [0, 0.1) is 0 Å². The fourth-order valence-corrected chi connectivity index (χ4v) is 4.76. The molecule has 1 aliphatic carbocycles. The Kier molecular flexibility index (Phi) is 5.34. The van der Waals surface area contributed by atoms with Gasteiger partial charge in [-0.05, 0) is 39.5 Å². The van der Waals surface area contributed by atoms with Crippen molar-refractivity contribution in [2.75, 3.05) is 19.3 Å². The van der Waals surface area contributed by atoms with Crippen molar-refractivity contribution in [1.29, 1.82) is 0 Å². The summed E-state index contributed by atoms with van der Waals surface area (Å²) in [6.45, 7) is 5.18. The number of ether oxygens (including phenoxy) is 1. The van der Waals surface area contributed by atoms with Crippen molar-refractivity contribution in [3.05, 3.63) is 0 Å². The monoisotopic (exact) mass is 318 g/mol.